The average molecular weight is 376 g/mol. The van der Waals surface area contributed by atoms with Crippen molar-refractivity contribution in [2.24, 2.45) is 7.05 Å². The molecule has 2 N–H and O–H groups in total. The second-order valence-electron chi connectivity index (χ2n) is 4.14. The summed E-state index contributed by atoms with van der Waals surface area (Å²) in [7, 11) is -2.33. The Morgan fingerprint density at radius 2 is 2.19 bits per heavy atom. The SMILES string of the molecule is CCCNc1ncc(Br)cc1S(=O)(=O)Nc1nnn(C)n1. The molecule has 0 aliphatic carbocycles. The van der Waals surface area contributed by atoms with E-state index in [-0.39, 0.29) is 16.7 Å². The largest absolute Gasteiger partial charge is 0.369 e. The van der Waals surface area contributed by atoms with Gasteiger partial charge in [0, 0.05) is 17.2 Å². The van der Waals surface area contributed by atoms with Gasteiger partial charge in [0.05, 0.1) is 7.05 Å². The predicted octanol–water partition coefficient (Wildman–Crippen LogP) is 0.990. The number of aromatic nitrogens is 5. The smallest absolute Gasteiger partial charge is 0.277 e. The molecule has 0 unspecified atom stereocenters. The van der Waals surface area contributed by atoms with Gasteiger partial charge < -0.3 is 5.32 Å². The van der Waals surface area contributed by atoms with E-state index in [2.05, 4.69) is 46.4 Å². The van der Waals surface area contributed by atoms with Gasteiger partial charge in [-0.05, 0) is 33.6 Å². The topological polar surface area (TPSA) is 115 Å². The normalized spacial score (nSPS) is 11.4. The van der Waals surface area contributed by atoms with E-state index in [0.717, 1.165) is 11.2 Å². The van der Waals surface area contributed by atoms with Gasteiger partial charge in [-0.1, -0.05) is 12.0 Å². The van der Waals surface area contributed by atoms with Gasteiger partial charge in [-0.25, -0.2) is 18.1 Å². The van der Waals surface area contributed by atoms with Gasteiger partial charge in [-0.3, -0.25) is 0 Å². The van der Waals surface area contributed by atoms with Crippen LogP contribution in [0.25, 0.3) is 0 Å². The first-order valence-electron chi connectivity index (χ1n) is 6.08. The van der Waals surface area contributed by atoms with Crippen LogP contribution < -0.4 is 10.0 Å². The van der Waals surface area contributed by atoms with Gasteiger partial charge in [-0.15, -0.1) is 5.10 Å². The Kier molecular flexibility index (Phi) is 4.73. The molecular formula is C10H14BrN7O2S. The maximum atomic E-state index is 12.4. The average Bonchev–Trinajstić information content (AvgIpc) is 2.82. The zero-order valence-corrected chi connectivity index (χ0v) is 13.8. The first-order valence-corrected chi connectivity index (χ1v) is 8.36. The van der Waals surface area contributed by atoms with Crippen molar-refractivity contribution < 1.29 is 8.42 Å². The van der Waals surface area contributed by atoms with Crippen LogP contribution in [0.1, 0.15) is 13.3 Å². The summed E-state index contributed by atoms with van der Waals surface area (Å²) in [4.78, 5) is 5.26. The molecule has 2 heterocycles. The van der Waals surface area contributed by atoms with Crippen molar-refractivity contribution in [2.75, 3.05) is 16.6 Å². The molecule has 9 nitrogen and oxygen atoms in total. The van der Waals surface area contributed by atoms with Crippen LogP contribution in [0.5, 0.6) is 0 Å². The third-order valence-electron chi connectivity index (χ3n) is 2.39. The zero-order valence-electron chi connectivity index (χ0n) is 11.4. The van der Waals surface area contributed by atoms with Crippen molar-refractivity contribution >= 4 is 37.7 Å². The van der Waals surface area contributed by atoms with Crippen molar-refractivity contribution in [1.29, 1.82) is 0 Å². The minimum atomic E-state index is -3.87. The quantitative estimate of drug-likeness (QED) is 0.773. The standard InChI is InChI=1S/C10H14BrN7O2S/c1-3-4-12-9-8(5-7(11)6-13-9)21(19,20)16-10-14-17-18(2)15-10/h5-6H,3-4H2,1-2H3,(H,12,13)(H,15,16). The molecule has 0 bridgehead atoms. The van der Waals surface area contributed by atoms with Crippen molar-refractivity contribution in [3.05, 3.63) is 16.7 Å². The molecule has 0 aliphatic rings. The number of tetrazole rings is 1. The number of hydrogen-bond donors (Lipinski definition) is 2. The third-order valence-corrected chi connectivity index (χ3v) is 4.16. The van der Waals surface area contributed by atoms with Gasteiger partial charge in [0.25, 0.3) is 16.0 Å². The van der Waals surface area contributed by atoms with E-state index < -0.39 is 10.0 Å². The number of halogens is 1. The van der Waals surface area contributed by atoms with Crippen molar-refractivity contribution in [3.63, 3.8) is 0 Å². The number of nitrogens with zero attached hydrogens (tertiary/aromatic N) is 5. The van der Waals surface area contributed by atoms with Crippen LogP contribution >= 0.6 is 15.9 Å². The van der Waals surface area contributed by atoms with E-state index in [4.69, 9.17) is 0 Å². The molecule has 0 radical (unpaired) electrons. The van der Waals surface area contributed by atoms with Crippen molar-refractivity contribution in [1.82, 2.24) is 25.2 Å². The highest BCUT2D eigenvalue weighted by Gasteiger charge is 2.22. The van der Waals surface area contributed by atoms with E-state index in [1.165, 1.54) is 12.3 Å². The number of nitrogens with one attached hydrogen (secondary N) is 2. The minimum Gasteiger partial charge on any atom is -0.369 e. The molecular weight excluding hydrogens is 362 g/mol. The lowest BCUT2D eigenvalue weighted by molar-refractivity contribution is 0.600. The maximum absolute atomic E-state index is 12.4. The number of aryl methyl sites for hydroxylation is 1. The molecule has 21 heavy (non-hydrogen) atoms. The predicted molar refractivity (Wildman–Crippen MR) is 80.3 cm³/mol. The molecule has 0 spiro atoms. The lowest BCUT2D eigenvalue weighted by Crippen LogP contribution is -2.17. The van der Waals surface area contributed by atoms with Crippen LogP contribution in [0, 0.1) is 0 Å². The Labute approximate surface area is 130 Å². The summed E-state index contributed by atoms with van der Waals surface area (Å²) in [5.41, 5.74) is 0. The highest BCUT2D eigenvalue weighted by molar-refractivity contribution is 9.10. The zero-order chi connectivity index (χ0) is 15.5. The molecule has 2 rings (SSSR count). The second-order valence-corrected chi connectivity index (χ2v) is 6.70. The number of sulfonamides is 1. The maximum Gasteiger partial charge on any atom is 0.277 e. The number of anilines is 2. The van der Waals surface area contributed by atoms with Crippen LogP contribution in [0.15, 0.2) is 21.6 Å². The highest BCUT2D eigenvalue weighted by atomic mass is 79.9. The minimum absolute atomic E-state index is 0.0118. The first-order chi connectivity index (χ1) is 9.92. The van der Waals surface area contributed by atoms with Crippen LogP contribution in [0.3, 0.4) is 0 Å². The number of rotatable bonds is 6. The monoisotopic (exact) mass is 375 g/mol. The molecule has 0 amide bonds. The summed E-state index contributed by atoms with van der Waals surface area (Å²) in [6, 6.07) is 1.46. The van der Waals surface area contributed by atoms with Crippen LogP contribution in [0.2, 0.25) is 0 Å². The number of hydrogen-bond acceptors (Lipinski definition) is 7. The third kappa shape index (κ3) is 3.88. The van der Waals surface area contributed by atoms with Gasteiger partial charge >= 0.3 is 0 Å². The molecule has 11 heteroatoms. The van der Waals surface area contributed by atoms with Crippen LogP contribution in [0.4, 0.5) is 11.8 Å². The molecule has 0 saturated heterocycles. The molecule has 114 valence electrons. The van der Waals surface area contributed by atoms with E-state index in [9.17, 15) is 8.42 Å². The van der Waals surface area contributed by atoms with Crippen LogP contribution in [-0.4, -0.2) is 40.2 Å². The summed E-state index contributed by atoms with van der Waals surface area (Å²) in [6.07, 6.45) is 2.37. The van der Waals surface area contributed by atoms with Gasteiger partial charge in [0.2, 0.25) is 0 Å². The second kappa shape index (κ2) is 6.35. The fourth-order valence-electron chi connectivity index (χ4n) is 1.50. The van der Waals surface area contributed by atoms with Gasteiger partial charge in [0.1, 0.15) is 10.7 Å². The summed E-state index contributed by atoms with van der Waals surface area (Å²) >= 11 is 3.22. The lowest BCUT2D eigenvalue weighted by Gasteiger charge is -2.11. The summed E-state index contributed by atoms with van der Waals surface area (Å²) in [5, 5.41) is 13.9. The fraction of sp³-hybridized carbons (Fsp3) is 0.400. The van der Waals surface area contributed by atoms with Gasteiger partial charge in [-0.2, -0.15) is 4.80 Å². The fourth-order valence-corrected chi connectivity index (χ4v) is 3.08. The van der Waals surface area contributed by atoms with Crippen LogP contribution in [-0.2, 0) is 17.1 Å². The Morgan fingerprint density at radius 1 is 1.43 bits per heavy atom. The Morgan fingerprint density at radius 3 is 2.81 bits per heavy atom. The highest BCUT2D eigenvalue weighted by Crippen LogP contribution is 2.24. The molecule has 0 aromatic carbocycles. The summed E-state index contributed by atoms with van der Waals surface area (Å²) < 4.78 is 27.7. The Balaban J connectivity index is 2.35. The summed E-state index contributed by atoms with van der Waals surface area (Å²) in [6.45, 7) is 2.59. The van der Waals surface area contributed by atoms with E-state index in [1.54, 1.807) is 7.05 Å². The van der Waals surface area contributed by atoms with E-state index in [0.29, 0.717) is 11.0 Å². The molecule has 2 aromatic rings. The van der Waals surface area contributed by atoms with E-state index in [1.807, 2.05) is 6.92 Å². The van der Waals surface area contributed by atoms with E-state index >= 15 is 0 Å². The molecule has 0 saturated carbocycles. The molecule has 2 aromatic heterocycles. The van der Waals surface area contributed by atoms with Crippen molar-refractivity contribution in [3.8, 4) is 0 Å². The lowest BCUT2D eigenvalue weighted by atomic mass is 10.4. The van der Waals surface area contributed by atoms with Gasteiger partial charge in [0.15, 0.2) is 0 Å². The Bertz CT molecular complexity index is 731. The molecule has 0 aliphatic heterocycles. The molecule has 0 fully saturated rings. The molecule has 0 atom stereocenters. The summed E-state index contributed by atoms with van der Waals surface area (Å²) in [5.74, 6) is 0.176. The van der Waals surface area contributed by atoms with Crippen molar-refractivity contribution in [2.45, 2.75) is 18.2 Å². The first kappa shape index (κ1) is 15.6. The Hall–Kier alpha value is -1.75. The number of pyridine rings is 1.